The van der Waals surface area contributed by atoms with Gasteiger partial charge in [-0.05, 0) is 95.9 Å². The van der Waals surface area contributed by atoms with Crippen LogP contribution in [0.25, 0.3) is 32.9 Å². The monoisotopic (exact) mass is 1150 g/mol. The van der Waals surface area contributed by atoms with E-state index in [1.807, 2.05) is 125 Å². The summed E-state index contributed by atoms with van der Waals surface area (Å²) in [6, 6.07) is 22.8. The number of aliphatic carboxylic acids is 1. The first kappa shape index (κ1) is 62.2. The molecule has 446 valence electrons. The summed E-state index contributed by atoms with van der Waals surface area (Å²) in [4.78, 5) is 114. The highest BCUT2D eigenvalue weighted by Crippen LogP contribution is 2.44. The fraction of sp³-hybridized carbons (Fsp3) is 0.393. The van der Waals surface area contributed by atoms with Crippen LogP contribution in [0.5, 0.6) is 0 Å². The van der Waals surface area contributed by atoms with Crippen LogP contribution < -0.4 is 54.8 Å². The zero-order valence-corrected chi connectivity index (χ0v) is 47.8. The van der Waals surface area contributed by atoms with Crippen LogP contribution in [0.2, 0.25) is 0 Å². The van der Waals surface area contributed by atoms with Crippen molar-refractivity contribution in [2.45, 2.75) is 121 Å². The van der Waals surface area contributed by atoms with Gasteiger partial charge in [0.05, 0.1) is 0 Å². The fourth-order valence-corrected chi connectivity index (χ4v) is 10.5. The molecule has 0 bridgehead atoms. The van der Waals surface area contributed by atoms with Crippen LogP contribution in [-0.4, -0.2) is 125 Å². The molecular weight excluding hydrogens is 1070 g/mol. The highest BCUT2D eigenvalue weighted by atomic mass is 16.5. The number of carboxylic acids is 1. The van der Waals surface area contributed by atoms with Gasteiger partial charge in [-0.1, -0.05) is 113 Å². The zero-order chi connectivity index (χ0) is 60.5. The number of ether oxygens (including phenoxy) is 1. The van der Waals surface area contributed by atoms with E-state index in [0.717, 1.165) is 44.1 Å². The van der Waals surface area contributed by atoms with Gasteiger partial charge in [-0.3, -0.25) is 34.0 Å². The molecule has 0 fully saturated rings. The van der Waals surface area contributed by atoms with Gasteiger partial charge in [-0.15, -0.1) is 0 Å². The second-order valence-corrected chi connectivity index (χ2v) is 22.0. The Morgan fingerprint density at radius 3 is 1.36 bits per heavy atom. The third-order valence-corrected chi connectivity index (χ3v) is 14.6. The van der Waals surface area contributed by atoms with Crippen molar-refractivity contribution in [2.75, 3.05) is 19.7 Å². The number of carboxylic acid groups (broad SMARTS) is 1. The maximum absolute atomic E-state index is 14.8. The average Bonchev–Trinajstić information content (AvgIpc) is 2.49. The Bertz CT molecular complexity index is 3300. The number of nitrogens with zero attached hydrogens (tertiary/aromatic N) is 2. The summed E-state index contributed by atoms with van der Waals surface area (Å²) >= 11 is 0. The number of aliphatic imine (C=N–C) groups is 2. The molecule has 0 saturated heterocycles. The van der Waals surface area contributed by atoms with Crippen molar-refractivity contribution >= 4 is 75.3 Å². The molecule has 0 radical (unpaired) electrons. The number of aromatic nitrogens is 2. The Kier molecular flexibility index (Phi) is 21.9. The molecule has 6 atom stereocenters. The largest absolute Gasteiger partial charge is 0.480 e. The Morgan fingerprint density at radius 2 is 0.893 bits per heavy atom. The van der Waals surface area contributed by atoms with Crippen molar-refractivity contribution in [3.63, 3.8) is 0 Å². The van der Waals surface area contributed by atoms with Crippen molar-refractivity contribution in [2.24, 2.45) is 44.8 Å². The molecule has 0 unspecified atom stereocenters. The Labute approximate surface area is 487 Å². The summed E-state index contributed by atoms with van der Waals surface area (Å²) < 4.78 is 5.91. The predicted molar refractivity (Wildman–Crippen MR) is 322 cm³/mol. The smallest absolute Gasteiger partial charge is 0.407 e. The van der Waals surface area contributed by atoms with E-state index in [1.54, 1.807) is 12.4 Å². The van der Waals surface area contributed by atoms with Crippen molar-refractivity contribution in [1.82, 2.24) is 41.9 Å². The van der Waals surface area contributed by atoms with Crippen molar-refractivity contribution in [1.29, 1.82) is 0 Å². The van der Waals surface area contributed by atoms with E-state index in [0.29, 0.717) is 11.1 Å². The number of rotatable bonds is 30. The molecule has 0 spiro atoms. The third kappa shape index (κ3) is 17.1. The number of hydrogen-bond acceptors (Lipinski definition) is 10. The van der Waals surface area contributed by atoms with Crippen LogP contribution in [0.1, 0.15) is 94.4 Å². The molecule has 2 aromatic heterocycles. The van der Waals surface area contributed by atoms with Crippen LogP contribution in [0.15, 0.2) is 119 Å². The number of benzene rings is 4. The van der Waals surface area contributed by atoms with Crippen molar-refractivity contribution in [3.05, 3.63) is 132 Å². The van der Waals surface area contributed by atoms with E-state index in [-0.39, 0.29) is 101 Å². The number of hydrogen-bond donors (Lipinski definition) is 13. The number of amides is 6. The lowest BCUT2D eigenvalue weighted by atomic mass is 9.98. The molecule has 0 saturated carbocycles. The lowest BCUT2D eigenvalue weighted by Crippen LogP contribution is -2.60. The molecule has 1 aliphatic carbocycles. The number of alkyl carbamates (subject to hydrolysis) is 1. The van der Waals surface area contributed by atoms with Crippen molar-refractivity contribution < 1.29 is 43.4 Å². The van der Waals surface area contributed by atoms with Crippen LogP contribution in [0, 0.1) is 11.8 Å². The number of para-hydroxylation sites is 2. The second-order valence-electron chi connectivity index (χ2n) is 22.0. The maximum Gasteiger partial charge on any atom is 0.407 e. The molecule has 2 heterocycles. The molecule has 7 rings (SSSR count). The molecule has 23 nitrogen and oxygen atoms in total. The number of carbonyl (C=O) groups excluding carboxylic acids is 6. The van der Waals surface area contributed by atoms with Crippen LogP contribution in [0.4, 0.5) is 4.79 Å². The number of fused-ring (bicyclic) bond motifs is 5. The summed E-state index contributed by atoms with van der Waals surface area (Å²) in [5, 5.41) is 28.2. The molecule has 6 amide bonds. The van der Waals surface area contributed by atoms with E-state index < -0.39 is 77.8 Å². The maximum atomic E-state index is 14.8. The van der Waals surface area contributed by atoms with E-state index >= 15 is 0 Å². The number of nitrogens with two attached hydrogens (primary N) is 4. The number of H-pyrrole nitrogens is 2. The van der Waals surface area contributed by atoms with Gasteiger partial charge in [0.1, 0.15) is 42.9 Å². The van der Waals surface area contributed by atoms with E-state index in [9.17, 15) is 38.7 Å². The first-order valence-corrected chi connectivity index (χ1v) is 28.3. The molecule has 23 heteroatoms. The first-order chi connectivity index (χ1) is 40.3. The zero-order valence-electron chi connectivity index (χ0n) is 47.8. The van der Waals surface area contributed by atoms with Crippen LogP contribution in [-0.2, 0) is 46.3 Å². The van der Waals surface area contributed by atoms with Crippen LogP contribution in [0.3, 0.4) is 0 Å². The number of nitrogens with one attached hydrogen (secondary N) is 8. The Morgan fingerprint density at radius 1 is 0.512 bits per heavy atom. The number of carbonyl (C=O) groups is 7. The van der Waals surface area contributed by atoms with Gasteiger partial charge in [0.25, 0.3) is 0 Å². The minimum Gasteiger partial charge on any atom is -0.480 e. The molecule has 4 aromatic carbocycles. The number of aromatic amines is 2. The first-order valence-electron chi connectivity index (χ1n) is 28.3. The number of guanidine groups is 2. The fourth-order valence-electron chi connectivity index (χ4n) is 10.5. The van der Waals surface area contributed by atoms with E-state index in [1.165, 1.54) is 0 Å². The summed E-state index contributed by atoms with van der Waals surface area (Å²) in [5.41, 5.74) is 29.4. The summed E-state index contributed by atoms with van der Waals surface area (Å²) in [6.07, 6.45) is 3.04. The molecule has 84 heavy (non-hydrogen) atoms. The SMILES string of the molecule is CC(C)C[C@H](NC(=O)[C@H](CCCN=C(N)N)NC(=O)[C@H](Cc1c[nH]c2ccccc12)NC(=O)[C@H](CC(C)C)NC(=O)[C@H](CCCN=C(N)N)NC(=O)[C@H](Cc1c[nH]c2ccccc12)NC(=O)OCC1c2ccccc2-c2ccccc21)C(=O)O. The predicted octanol–water partition coefficient (Wildman–Crippen LogP) is 4.05. The van der Waals surface area contributed by atoms with Gasteiger partial charge in [-0.25, -0.2) is 9.59 Å². The Balaban J connectivity index is 1.14. The summed E-state index contributed by atoms with van der Waals surface area (Å²) in [7, 11) is 0. The summed E-state index contributed by atoms with van der Waals surface area (Å²) in [6.45, 7) is 7.47. The highest BCUT2D eigenvalue weighted by Gasteiger charge is 2.36. The molecule has 1 aliphatic rings. The molecular formula is C61H78N14O9. The van der Waals surface area contributed by atoms with Crippen molar-refractivity contribution in [3.8, 4) is 11.1 Å². The normalized spacial score (nSPS) is 14.0. The van der Waals surface area contributed by atoms with E-state index in [2.05, 4.69) is 51.9 Å². The quantitative estimate of drug-likeness (QED) is 0.0172. The minimum atomic E-state index is -1.37. The average molecular weight is 1150 g/mol. The minimum absolute atomic E-state index is 0.0116. The van der Waals surface area contributed by atoms with Gasteiger partial charge in [-0.2, -0.15) is 0 Å². The van der Waals surface area contributed by atoms with Gasteiger partial charge in [0, 0.05) is 66.0 Å². The van der Waals surface area contributed by atoms with Gasteiger partial charge < -0.3 is 74.6 Å². The Hall–Kier alpha value is -9.41. The lowest BCUT2D eigenvalue weighted by Gasteiger charge is -2.28. The standard InChI is InChI=1S/C61H78N14O9/c1-34(2)27-49(55(78)73-50(29-36-31-68-45-21-11-9-15-38(36)45)56(79)70-48(24-14-26-67-60(64)65)54(77)74-52(58(81)82)28-35(3)4)72-53(76)47(23-13-25-66-59(62)63)71-57(80)51(30-37-32-69-46-22-12-10-16-39(37)46)75-61(83)84-33-44-42-19-7-5-17-40(42)41-18-6-8-20-43(41)44/h5-12,15-22,31-32,34-35,44,47-52,68-69H,13-14,23-30,33H2,1-4H3,(H,70,79)(H,71,80)(H,72,76)(H,73,78)(H,74,77)(H,75,83)(H,81,82)(H4,62,63,66)(H4,64,65,67)/t47-,48-,49-,50-,51-,52-/m0/s1. The van der Waals surface area contributed by atoms with Crippen LogP contribution >= 0.6 is 0 Å². The topological polar surface area (TPSA) is 382 Å². The molecule has 0 aliphatic heterocycles. The van der Waals surface area contributed by atoms with Gasteiger partial charge >= 0.3 is 12.1 Å². The summed E-state index contributed by atoms with van der Waals surface area (Å²) in [5.74, 6) is -5.98. The van der Waals surface area contributed by atoms with Gasteiger partial charge in [0.15, 0.2) is 11.9 Å². The highest BCUT2D eigenvalue weighted by molar-refractivity contribution is 5.98. The molecule has 17 N–H and O–H groups in total. The second kappa shape index (κ2) is 29.5. The lowest BCUT2D eigenvalue weighted by molar-refractivity contribution is -0.143. The third-order valence-electron chi connectivity index (χ3n) is 14.6. The van der Waals surface area contributed by atoms with E-state index in [4.69, 9.17) is 27.7 Å². The van der Waals surface area contributed by atoms with Gasteiger partial charge in [0.2, 0.25) is 29.5 Å². The molecule has 6 aromatic rings.